The molecule has 0 atom stereocenters. The second-order valence-electron chi connectivity index (χ2n) is 6.63. The number of rotatable bonds is 3. The summed E-state index contributed by atoms with van der Waals surface area (Å²) in [6.45, 7) is 8.20. The molecule has 22 heavy (non-hydrogen) atoms. The summed E-state index contributed by atoms with van der Waals surface area (Å²) < 4.78 is 10.4. The molecule has 1 heterocycles. The maximum atomic E-state index is 12.5. The van der Waals surface area contributed by atoms with Gasteiger partial charge in [-0.2, -0.15) is 0 Å². The van der Waals surface area contributed by atoms with Crippen LogP contribution in [0.25, 0.3) is 0 Å². The van der Waals surface area contributed by atoms with Gasteiger partial charge in [0.15, 0.2) is 5.78 Å². The average molecular weight is 305 g/mol. The number of amides is 1. The molecule has 1 aromatic rings. The largest absolute Gasteiger partial charge is 0.497 e. The summed E-state index contributed by atoms with van der Waals surface area (Å²) in [7, 11) is 1.60. The van der Waals surface area contributed by atoms with Gasteiger partial charge in [0.2, 0.25) is 0 Å². The van der Waals surface area contributed by atoms with Crippen molar-refractivity contribution in [3.8, 4) is 5.75 Å². The third-order valence-corrected chi connectivity index (χ3v) is 3.60. The summed E-state index contributed by atoms with van der Waals surface area (Å²) in [4.78, 5) is 25.9. The molecule has 1 saturated heterocycles. The summed E-state index contributed by atoms with van der Waals surface area (Å²) >= 11 is 0. The van der Waals surface area contributed by atoms with Gasteiger partial charge in [-0.05, 0) is 51.5 Å². The monoisotopic (exact) mass is 305 g/mol. The van der Waals surface area contributed by atoms with E-state index >= 15 is 0 Å². The summed E-state index contributed by atoms with van der Waals surface area (Å²) in [6, 6.07) is 5.41. The van der Waals surface area contributed by atoms with Crippen LogP contribution in [0.1, 0.15) is 36.7 Å². The first-order valence-electron chi connectivity index (χ1n) is 7.38. The van der Waals surface area contributed by atoms with Crippen molar-refractivity contribution < 1.29 is 19.1 Å². The highest BCUT2D eigenvalue weighted by molar-refractivity contribution is 6.00. The molecule has 0 spiro atoms. The lowest BCUT2D eigenvalue weighted by Gasteiger charge is -2.39. The Balaban J connectivity index is 1.96. The number of aryl methyl sites for hydroxylation is 1. The average Bonchev–Trinajstić information content (AvgIpc) is 2.34. The van der Waals surface area contributed by atoms with Gasteiger partial charge in [-0.3, -0.25) is 4.79 Å². The summed E-state index contributed by atoms with van der Waals surface area (Å²) in [5, 5.41) is 0. The smallest absolute Gasteiger partial charge is 0.410 e. The van der Waals surface area contributed by atoms with Gasteiger partial charge in [-0.25, -0.2) is 4.79 Å². The first-order valence-corrected chi connectivity index (χ1v) is 7.38. The lowest BCUT2D eigenvalue weighted by atomic mass is 9.89. The van der Waals surface area contributed by atoms with E-state index in [1.54, 1.807) is 24.1 Å². The number of carbonyl (C=O) groups excluding carboxylic acids is 2. The van der Waals surface area contributed by atoms with Crippen LogP contribution in [0.15, 0.2) is 18.2 Å². The number of nitrogens with zero attached hydrogens (tertiary/aromatic N) is 1. The summed E-state index contributed by atoms with van der Waals surface area (Å²) in [5.41, 5.74) is 1.06. The fourth-order valence-corrected chi connectivity index (χ4v) is 2.38. The number of Topliss-reactive ketones (excluding diaryl/α,β-unsaturated/α-hetero) is 1. The van der Waals surface area contributed by atoms with E-state index in [0.29, 0.717) is 18.7 Å². The lowest BCUT2D eigenvalue weighted by molar-refractivity contribution is 0.00148. The van der Waals surface area contributed by atoms with Crippen molar-refractivity contribution >= 4 is 11.9 Å². The standard InChI is InChI=1S/C17H23NO4/c1-11-8-13(21-5)6-7-14(11)15(19)12-9-18(10-12)16(20)22-17(2,3)4/h6-8,12H,9-10H2,1-5H3. The second-order valence-corrected chi connectivity index (χ2v) is 6.63. The van der Waals surface area contributed by atoms with Crippen LogP contribution in [0.5, 0.6) is 5.75 Å². The summed E-state index contributed by atoms with van der Waals surface area (Å²) in [5.74, 6) is 0.651. The molecule has 0 unspecified atom stereocenters. The highest BCUT2D eigenvalue weighted by atomic mass is 16.6. The lowest BCUT2D eigenvalue weighted by Crippen LogP contribution is -2.54. The van der Waals surface area contributed by atoms with Gasteiger partial charge in [0, 0.05) is 18.7 Å². The molecule has 1 amide bonds. The second kappa shape index (κ2) is 5.99. The SMILES string of the molecule is COc1ccc(C(=O)C2CN(C(=O)OC(C)(C)C)C2)c(C)c1. The summed E-state index contributed by atoms with van der Waals surface area (Å²) in [6.07, 6.45) is -0.358. The maximum Gasteiger partial charge on any atom is 0.410 e. The fourth-order valence-electron chi connectivity index (χ4n) is 2.38. The number of hydrogen-bond acceptors (Lipinski definition) is 4. The first-order chi connectivity index (χ1) is 10.2. The van der Waals surface area contributed by atoms with E-state index in [0.717, 1.165) is 11.3 Å². The molecule has 0 aromatic heterocycles. The highest BCUT2D eigenvalue weighted by Crippen LogP contribution is 2.26. The van der Waals surface area contributed by atoms with Gasteiger partial charge >= 0.3 is 6.09 Å². The predicted octanol–water partition coefficient (Wildman–Crippen LogP) is 3.05. The zero-order valence-electron chi connectivity index (χ0n) is 13.8. The van der Waals surface area contributed by atoms with Crippen molar-refractivity contribution in [1.29, 1.82) is 0 Å². The molecule has 120 valence electrons. The Labute approximate surface area is 131 Å². The molecule has 0 bridgehead atoms. The van der Waals surface area contributed by atoms with Gasteiger partial charge in [0.1, 0.15) is 11.4 Å². The molecule has 5 heteroatoms. The molecule has 0 radical (unpaired) electrons. The number of benzene rings is 1. The minimum atomic E-state index is -0.515. The van der Waals surface area contributed by atoms with Crippen molar-refractivity contribution in [2.45, 2.75) is 33.3 Å². The number of hydrogen-bond donors (Lipinski definition) is 0. The maximum absolute atomic E-state index is 12.5. The zero-order chi connectivity index (χ0) is 16.5. The van der Waals surface area contributed by atoms with E-state index in [4.69, 9.17) is 9.47 Å². The van der Waals surface area contributed by atoms with Gasteiger partial charge < -0.3 is 14.4 Å². The van der Waals surface area contributed by atoms with Crippen LogP contribution >= 0.6 is 0 Å². The van der Waals surface area contributed by atoms with E-state index < -0.39 is 5.60 Å². The molecule has 1 aliphatic rings. The van der Waals surface area contributed by atoms with Crippen LogP contribution in [-0.4, -0.2) is 42.6 Å². The first kappa shape index (κ1) is 16.3. The van der Waals surface area contributed by atoms with Crippen LogP contribution in [0.3, 0.4) is 0 Å². The molecule has 1 aromatic carbocycles. The molecular formula is C17H23NO4. The van der Waals surface area contributed by atoms with Gasteiger partial charge in [-0.15, -0.1) is 0 Å². The quantitative estimate of drug-likeness (QED) is 0.805. The van der Waals surface area contributed by atoms with E-state index in [1.165, 1.54) is 0 Å². The molecule has 5 nitrogen and oxygen atoms in total. The van der Waals surface area contributed by atoms with E-state index in [9.17, 15) is 9.59 Å². The van der Waals surface area contributed by atoms with Crippen molar-refractivity contribution in [2.75, 3.05) is 20.2 Å². The molecular weight excluding hydrogens is 282 g/mol. The number of methoxy groups -OCH3 is 1. The van der Waals surface area contributed by atoms with Gasteiger partial charge in [-0.1, -0.05) is 0 Å². The van der Waals surface area contributed by atoms with E-state index in [-0.39, 0.29) is 17.8 Å². The Morgan fingerprint density at radius 3 is 2.36 bits per heavy atom. The Bertz CT molecular complexity index is 583. The van der Waals surface area contributed by atoms with Crippen LogP contribution < -0.4 is 4.74 Å². The van der Waals surface area contributed by atoms with Crippen molar-refractivity contribution in [1.82, 2.24) is 4.90 Å². The highest BCUT2D eigenvalue weighted by Gasteiger charge is 2.38. The molecule has 0 saturated carbocycles. The molecule has 0 N–H and O–H groups in total. The molecule has 2 rings (SSSR count). The van der Waals surface area contributed by atoms with Crippen molar-refractivity contribution in [3.05, 3.63) is 29.3 Å². The number of likely N-dealkylation sites (tertiary alicyclic amines) is 1. The Morgan fingerprint density at radius 2 is 1.86 bits per heavy atom. The predicted molar refractivity (Wildman–Crippen MR) is 83.4 cm³/mol. The molecule has 0 aliphatic carbocycles. The fraction of sp³-hybridized carbons (Fsp3) is 0.529. The Kier molecular flexibility index (Phi) is 4.44. The number of ketones is 1. The minimum absolute atomic E-state index is 0.0694. The van der Waals surface area contributed by atoms with Gasteiger partial charge in [0.25, 0.3) is 0 Å². The van der Waals surface area contributed by atoms with Crippen LogP contribution in [-0.2, 0) is 4.74 Å². The van der Waals surface area contributed by atoms with Crippen molar-refractivity contribution in [2.24, 2.45) is 5.92 Å². The Morgan fingerprint density at radius 1 is 1.23 bits per heavy atom. The normalized spacial score (nSPS) is 15.2. The van der Waals surface area contributed by atoms with Crippen LogP contribution in [0.4, 0.5) is 4.79 Å². The number of ether oxygens (including phenoxy) is 2. The Hall–Kier alpha value is -2.04. The third kappa shape index (κ3) is 3.59. The minimum Gasteiger partial charge on any atom is -0.497 e. The van der Waals surface area contributed by atoms with E-state index in [1.807, 2.05) is 33.8 Å². The van der Waals surface area contributed by atoms with Crippen molar-refractivity contribution in [3.63, 3.8) is 0 Å². The zero-order valence-corrected chi connectivity index (χ0v) is 13.8. The van der Waals surface area contributed by atoms with E-state index in [2.05, 4.69) is 0 Å². The molecule has 1 aliphatic heterocycles. The van der Waals surface area contributed by atoms with Crippen LogP contribution in [0, 0.1) is 12.8 Å². The number of carbonyl (C=O) groups is 2. The topological polar surface area (TPSA) is 55.8 Å². The van der Waals surface area contributed by atoms with Gasteiger partial charge in [0.05, 0.1) is 13.0 Å². The molecule has 1 fully saturated rings. The van der Waals surface area contributed by atoms with Crippen LogP contribution in [0.2, 0.25) is 0 Å². The third-order valence-electron chi connectivity index (χ3n) is 3.60.